The number of rotatable bonds is 3. The van der Waals surface area contributed by atoms with Crippen LogP contribution >= 0.6 is 34.5 Å². The molecule has 1 aliphatic heterocycles. The minimum absolute atomic E-state index is 0.237. The van der Waals surface area contributed by atoms with Gasteiger partial charge < -0.3 is 9.64 Å². The SMILES string of the molecule is COC(=O)CC1=C(c2ccc(Cl)c(Cl)c2)c2sc3c(c2CN1C)CCCC3. The lowest BCUT2D eigenvalue weighted by atomic mass is 9.88. The molecule has 3 nitrogen and oxygen atoms in total. The first-order valence-electron chi connectivity index (χ1n) is 9.10. The van der Waals surface area contributed by atoms with E-state index in [2.05, 4.69) is 4.90 Å². The van der Waals surface area contributed by atoms with E-state index in [4.69, 9.17) is 27.9 Å². The van der Waals surface area contributed by atoms with Crippen LogP contribution in [0.2, 0.25) is 10.0 Å². The Hall–Kier alpha value is -1.49. The van der Waals surface area contributed by atoms with Gasteiger partial charge in [0.1, 0.15) is 0 Å². The highest BCUT2D eigenvalue weighted by Gasteiger charge is 2.31. The molecule has 2 heterocycles. The molecule has 1 aliphatic carbocycles. The molecule has 0 radical (unpaired) electrons. The number of hydrogen-bond donors (Lipinski definition) is 0. The molecule has 1 aromatic heterocycles. The lowest BCUT2D eigenvalue weighted by Crippen LogP contribution is -2.26. The first-order valence-corrected chi connectivity index (χ1v) is 10.7. The predicted octanol–water partition coefficient (Wildman–Crippen LogP) is 5.70. The van der Waals surface area contributed by atoms with E-state index >= 15 is 0 Å². The molecule has 0 bridgehead atoms. The van der Waals surface area contributed by atoms with E-state index in [1.165, 1.54) is 40.8 Å². The summed E-state index contributed by atoms with van der Waals surface area (Å²) in [6, 6.07) is 5.71. The van der Waals surface area contributed by atoms with Crippen molar-refractivity contribution in [2.45, 2.75) is 38.6 Å². The fourth-order valence-electron chi connectivity index (χ4n) is 4.04. The number of hydrogen-bond acceptors (Lipinski definition) is 4. The first kappa shape index (κ1) is 18.9. The largest absolute Gasteiger partial charge is 0.469 e. The fourth-order valence-corrected chi connectivity index (χ4v) is 5.82. The molecule has 0 spiro atoms. The highest BCUT2D eigenvalue weighted by Crippen LogP contribution is 2.46. The van der Waals surface area contributed by atoms with E-state index < -0.39 is 0 Å². The summed E-state index contributed by atoms with van der Waals surface area (Å²) in [5.41, 5.74) is 5.98. The molecule has 0 unspecified atom stereocenters. The molecule has 0 amide bonds. The van der Waals surface area contributed by atoms with Gasteiger partial charge in [-0.2, -0.15) is 0 Å². The smallest absolute Gasteiger partial charge is 0.311 e. The number of methoxy groups -OCH3 is 1. The first-order chi connectivity index (χ1) is 13.0. The Kier molecular flexibility index (Phi) is 5.23. The Bertz CT molecular complexity index is 948. The Morgan fingerprint density at radius 2 is 1.96 bits per heavy atom. The second-order valence-electron chi connectivity index (χ2n) is 7.08. The standard InChI is InChI=1S/C21H21Cl2NO2S/c1-24-11-14-13-5-3-4-6-18(13)27-21(14)20(17(24)10-19(25)26-2)12-7-8-15(22)16(23)9-12/h7-9H,3-6,10-11H2,1-2H3. The second-order valence-corrected chi connectivity index (χ2v) is 9.00. The normalized spacial score (nSPS) is 16.2. The zero-order valence-electron chi connectivity index (χ0n) is 15.4. The summed E-state index contributed by atoms with van der Waals surface area (Å²) < 4.78 is 4.95. The highest BCUT2D eigenvalue weighted by molar-refractivity contribution is 7.13. The van der Waals surface area contributed by atoms with Crippen molar-refractivity contribution in [2.75, 3.05) is 14.2 Å². The number of halogens is 2. The second kappa shape index (κ2) is 7.50. The highest BCUT2D eigenvalue weighted by atomic mass is 35.5. The number of nitrogens with zero attached hydrogens (tertiary/aromatic N) is 1. The van der Waals surface area contributed by atoms with Crippen molar-refractivity contribution in [3.05, 3.63) is 60.4 Å². The van der Waals surface area contributed by atoms with Gasteiger partial charge in [0.2, 0.25) is 0 Å². The summed E-state index contributed by atoms with van der Waals surface area (Å²) in [6.45, 7) is 0.832. The van der Waals surface area contributed by atoms with Gasteiger partial charge >= 0.3 is 5.97 Å². The van der Waals surface area contributed by atoms with E-state index in [9.17, 15) is 4.79 Å². The quantitative estimate of drug-likeness (QED) is 0.594. The molecule has 0 fully saturated rings. The summed E-state index contributed by atoms with van der Waals surface area (Å²) in [4.78, 5) is 17.1. The van der Waals surface area contributed by atoms with Crippen LogP contribution in [-0.2, 0) is 28.9 Å². The van der Waals surface area contributed by atoms with Gasteiger partial charge in [0.05, 0.1) is 23.6 Å². The van der Waals surface area contributed by atoms with Crippen molar-refractivity contribution in [3.63, 3.8) is 0 Å². The molecule has 27 heavy (non-hydrogen) atoms. The molecule has 0 saturated heterocycles. The number of fused-ring (bicyclic) bond motifs is 3. The van der Waals surface area contributed by atoms with E-state index in [0.717, 1.165) is 36.2 Å². The molecule has 0 atom stereocenters. The minimum atomic E-state index is -0.237. The van der Waals surface area contributed by atoms with Crippen molar-refractivity contribution < 1.29 is 9.53 Å². The summed E-state index contributed by atoms with van der Waals surface area (Å²) in [5.74, 6) is -0.237. The van der Waals surface area contributed by atoms with Crippen molar-refractivity contribution in [1.82, 2.24) is 4.90 Å². The van der Waals surface area contributed by atoms with Gasteiger partial charge in [0.15, 0.2) is 0 Å². The number of esters is 1. The molecule has 0 saturated carbocycles. The molecule has 2 aliphatic rings. The average molecular weight is 422 g/mol. The number of carbonyl (C=O) groups excluding carboxylic acids is 1. The maximum absolute atomic E-state index is 12.1. The van der Waals surface area contributed by atoms with Crippen LogP contribution in [0.5, 0.6) is 0 Å². The third kappa shape index (κ3) is 3.39. The van der Waals surface area contributed by atoms with Crippen LogP contribution in [-0.4, -0.2) is 25.0 Å². The zero-order chi connectivity index (χ0) is 19.1. The van der Waals surface area contributed by atoms with Crippen molar-refractivity contribution >= 4 is 46.1 Å². The maximum atomic E-state index is 12.1. The van der Waals surface area contributed by atoms with E-state index in [-0.39, 0.29) is 12.4 Å². The number of carbonyl (C=O) groups is 1. The fraction of sp³-hybridized carbons (Fsp3) is 0.381. The topological polar surface area (TPSA) is 29.5 Å². The number of ether oxygens (including phenoxy) is 1. The lowest BCUT2D eigenvalue weighted by Gasteiger charge is -2.31. The Morgan fingerprint density at radius 3 is 2.70 bits per heavy atom. The summed E-state index contributed by atoms with van der Waals surface area (Å²) in [7, 11) is 3.48. The van der Waals surface area contributed by atoms with Crippen LogP contribution in [0, 0.1) is 0 Å². The predicted molar refractivity (Wildman–Crippen MR) is 112 cm³/mol. The van der Waals surface area contributed by atoms with Gasteiger partial charge in [-0.15, -0.1) is 11.3 Å². The van der Waals surface area contributed by atoms with Gasteiger partial charge in [-0.05, 0) is 54.5 Å². The third-order valence-corrected chi connectivity index (χ3v) is 7.49. The molecular formula is C21H21Cl2NO2S. The minimum Gasteiger partial charge on any atom is -0.469 e. The number of thiophene rings is 1. The van der Waals surface area contributed by atoms with E-state index in [1.54, 1.807) is 0 Å². The molecular weight excluding hydrogens is 401 g/mol. The van der Waals surface area contributed by atoms with Crippen molar-refractivity contribution in [3.8, 4) is 0 Å². The van der Waals surface area contributed by atoms with Crippen LogP contribution < -0.4 is 0 Å². The molecule has 1 aromatic carbocycles. The lowest BCUT2D eigenvalue weighted by molar-refractivity contribution is -0.140. The van der Waals surface area contributed by atoms with Gasteiger partial charge in [-0.25, -0.2) is 0 Å². The van der Waals surface area contributed by atoms with E-state index in [0.29, 0.717) is 10.0 Å². The number of aryl methyl sites for hydroxylation is 1. The molecule has 4 rings (SSSR count). The van der Waals surface area contributed by atoms with Gasteiger partial charge in [-0.3, -0.25) is 4.79 Å². The van der Waals surface area contributed by atoms with Crippen molar-refractivity contribution in [2.24, 2.45) is 0 Å². The Labute approximate surface area is 173 Å². The molecule has 142 valence electrons. The third-order valence-electron chi connectivity index (χ3n) is 5.40. The Balaban J connectivity index is 1.94. The number of benzene rings is 1. The molecule has 0 N–H and O–H groups in total. The van der Waals surface area contributed by atoms with Crippen LogP contribution in [0.15, 0.2) is 23.9 Å². The summed E-state index contributed by atoms with van der Waals surface area (Å²) in [6.07, 6.45) is 5.04. The monoisotopic (exact) mass is 421 g/mol. The van der Waals surface area contributed by atoms with Crippen LogP contribution in [0.1, 0.15) is 45.7 Å². The summed E-state index contributed by atoms with van der Waals surface area (Å²) in [5, 5.41) is 1.06. The molecule has 2 aromatic rings. The van der Waals surface area contributed by atoms with E-state index in [1.807, 2.05) is 36.6 Å². The van der Waals surface area contributed by atoms with Gasteiger partial charge in [-0.1, -0.05) is 29.3 Å². The molecule has 6 heteroatoms. The average Bonchev–Trinajstić information content (AvgIpc) is 3.02. The van der Waals surface area contributed by atoms with Crippen LogP contribution in [0.3, 0.4) is 0 Å². The maximum Gasteiger partial charge on any atom is 0.311 e. The van der Waals surface area contributed by atoms with Gasteiger partial charge in [0, 0.05) is 34.6 Å². The van der Waals surface area contributed by atoms with Crippen LogP contribution in [0.4, 0.5) is 0 Å². The zero-order valence-corrected chi connectivity index (χ0v) is 17.7. The Morgan fingerprint density at radius 1 is 1.19 bits per heavy atom. The van der Waals surface area contributed by atoms with Gasteiger partial charge in [0.25, 0.3) is 0 Å². The van der Waals surface area contributed by atoms with Crippen molar-refractivity contribution in [1.29, 1.82) is 0 Å². The summed E-state index contributed by atoms with van der Waals surface area (Å²) >= 11 is 14.3. The van der Waals surface area contributed by atoms with Crippen LogP contribution in [0.25, 0.3) is 5.57 Å².